The monoisotopic (exact) mass is 401 g/mol. The number of rotatable bonds is 6. The first-order chi connectivity index (χ1) is 13.3. The van der Waals surface area contributed by atoms with Gasteiger partial charge in [0.1, 0.15) is 12.1 Å². The molecule has 8 nitrogen and oxygen atoms in total. The van der Waals surface area contributed by atoms with Crippen LogP contribution in [0.4, 0.5) is 0 Å². The number of nitriles is 1. The van der Waals surface area contributed by atoms with E-state index in [1.807, 2.05) is 45.2 Å². The Kier molecular flexibility index (Phi) is 5.79. The number of benzene rings is 1. The van der Waals surface area contributed by atoms with Crippen LogP contribution < -0.4 is 14.8 Å². The third-order valence-electron chi connectivity index (χ3n) is 4.78. The minimum atomic E-state index is -0.899. The van der Waals surface area contributed by atoms with Gasteiger partial charge in [-0.3, -0.25) is 4.79 Å². The molecule has 0 saturated carbocycles. The summed E-state index contributed by atoms with van der Waals surface area (Å²) in [5.41, 5.74) is -0.899. The maximum absolute atomic E-state index is 12.3. The van der Waals surface area contributed by atoms with Crippen LogP contribution in [-0.4, -0.2) is 38.6 Å². The number of amides is 1. The Bertz CT molecular complexity index is 907. The zero-order valence-electron chi connectivity index (χ0n) is 16.3. The maximum Gasteiger partial charge on any atom is 0.231 e. The number of nitrogens with zero attached hydrogens (tertiary/aromatic N) is 4. The molecule has 2 atom stereocenters. The van der Waals surface area contributed by atoms with Crippen molar-refractivity contribution in [2.75, 3.05) is 12.4 Å². The number of aromatic nitrogens is 3. The fourth-order valence-corrected chi connectivity index (χ4v) is 3.35. The van der Waals surface area contributed by atoms with Crippen molar-refractivity contribution in [1.29, 1.82) is 5.26 Å². The minimum absolute atomic E-state index is 0.000733. The molecule has 0 unspecified atom stereocenters. The SMILES string of the molecule is CC(C)[C@@](C)(C#N)NC(=O)CSc1nnc([C@H]2COc3ccccc3O2)n1C. The van der Waals surface area contributed by atoms with Gasteiger partial charge < -0.3 is 19.4 Å². The number of hydrogen-bond acceptors (Lipinski definition) is 7. The Hall–Kier alpha value is -2.73. The first-order valence-electron chi connectivity index (χ1n) is 8.97. The van der Waals surface area contributed by atoms with Gasteiger partial charge >= 0.3 is 0 Å². The summed E-state index contributed by atoms with van der Waals surface area (Å²) < 4.78 is 13.5. The Morgan fingerprint density at radius 2 is 2.14 bits per heavy atom. The van der Waals surface area contributed by atoms with Crippen molar-refractivity contribution in [2.24, 2.45) is 13.0 Å². The minimum Gasteiger partial charge on any atom is -0.485 e. The molecule has 1 amide bonds. The number of para-hydroxylation sites is 2. The largest absolute Gasteiger partial charge is 0.485 e. The van der Waals surface area contributed by atoms with Crippen molar-refractivity contribution in [1.82, 2.24) is 20.1 Å². The normalized spacial score (nSPS) is 17.6. The summed E-state index contributed by atoms with van der Waals surface area (Å²) in [6.07, 6.45) is -0.376. The highest BCUT2D eigenvalue weighted by molar-refractivity contribution is 7.99. The molecule has 2 heterocycles. The lowest BCUT2D eigenvalue weighted by Crippen LogP contribution is -2.49. The van der Waals surface area contributed by atoms with E-state index >= 15 is 0 Å². The molecule has 0 bridgehead atoms. The summed E-state index contributed by atoms with van der Waals surface area (Å²) >= 11 is 1.26. The maximum atomic E-state index is 12.3. The molecule has 0 fully saturated rings. The van der Waals surface area contributed by atoms with Crippen molar-refractivity contribution in [2.45, 2.75) is 37.6 Å². The molecule has 0 radical (unpaired) electrons. The van der Waals surface area contributed by atoms with Crippen molar-refractivity contribution < 1.29 is 14.3 Å². The predicted molar refractivity (Wildman–Crippen MR) is 104 cm³/mol. The summed E-state index contributed by atoms with van der Waals surface area (Å²) in [5, 5.41) is 21.1. The van der Waals surface area contributed by atoms with E-state index in [0.29, 0.717) is 29.1 Å². The lowest BCUT2D eigenvalue weighted by molar-refractivity contribution is -0.120. The predicted octanol–water partition coefficient (Wildman–Crippen LogP) is 2.47. The smallest absolute Gasteiger partial charge is 0.231 e. The van der Waals surface area contributed by atoms with Crippen molar-refractivity contribution in [3.05, 3.63) is 30.1 Å². The van der Waals surface area contributed by atoms with Crippen LogP contribution in [0, 0.1) is 17.2 Å². The van der Waals surface area contributed by atoms with Gasteiger partial charge in [-0.2, -0.15) is 5.26 Å². The van der Waals surface area contributed by atoms with Crippen LogP contribution >= 0.6 is 11.8 Å². The molecule has 1 aromatic heterocycles. The lowest BCUT2D eigenvalue weighted by atomic mass is 9.90. The summed E-state index contributed by atoms with van der Waals surface area (Å²) in [7, 11) is 1.83. The zero-order valence-corrected chi connectivity index (χ0v) is 17.1. The van der Waals surface area contributed by atoms with Crippen LogP contribution in [0.5, 0.6) is 11.5 Å². The van der Waals surface area contributed by atoms with Crippen molar-refractivity contribution in [3.63, 3.8) is 0 Å². The first kappa shape index (κ1) is 20.0. The molecule has 1 aliphatic heterocycles. The van der Waals surface area contributed by atoms with E-state index in [2.05, 4.69) is 21.6 Å². The molecule has 9 heteroatoms. The van der Waals surface area contributed by atoms with Crippen LogP contribution in [0.15, 0.2) is 29.4 Å². The highest BCUT2D eigenvalue weighted by Crippen LogP contribution is 2.35. The molecular formula is C19H23N5O3S. The van der Waals surface area contributed by atoms with Gasteiger partial charge in [0.05, 0.1) is 11.8 Å². The van der Waals surface area contributed by atoms with Gasteiger partial charge in [-0.05, 0) is 25.0 Å². The van der Waals surface area contributed by atoms with Crippen molar-refractivity contribution >= 4 is 17.7 Å². The lowest BCUT2D eigenvalue weighted by Gasteiger charge is -2.27. The van der Waals surface area contributed by atoms with Gasteiger partial charge in [0.25, 0.3) is 0 Å². The van der Waals surface area contributed by atoms with E-state index in [1.165, 1.54) is 11.8 Å². The number of carbonyl (C=O) groups excluding carboxylic acids is 1. The average molecular weight is 401 g/mol. The molecule has 0 saturated heterocycles. The molecule has 0 spiro atoms. The average Bonchev–Trinajstić information content (AvgIpc) is 3.06. The first-order valence-corrected chi connectivity index (χ1v) is 9.95. The Morgan fingerprint density at radius 1 is 1.43 bits per heavy atom. The Labute approximate surface area is 168 Å². The summed E-state index contributed by atoms with van der Waals surface area (Å²) in [5.74, 6) is 1.91. The van der Waals surface area contributed by atoms with Gasteiger partial charge in [0.15, 0.2) is 28.6 Å². The second-order valence-corrected chi connectivity index (χ2v) is 8.01. The molecule has 1 N–H and O–H groups in total. The number of hydrogen-bond donors (Lipinski definition) is 1. The van der Waals surface area contributed by atoms with E-state index in [9.17, 15) is 10.1 Å². The molecule has 3 rings (SSSR count). The zero-order chi connectivity index (χ0) is 20.3. The third-order valence-corrected chi connectivity index (χ3v) is 5.80. The van der Waals surface area contributed by atoms with Gasteiger partial charge in [-0.1, -0.05) is 37.7 Å². The van der Waals surface area contributed by atoms with E-state index in [4.69, 9.17) is 9.47 Å². The van der Waals surface area contributed by atoms with Crippen LogP contribution in [0.1, 0.15) is 32.7 Å². The third kappa shape index (κ3) is 4.07. The number of carbonyl (C=O) groups is 1. The second-order valence-electron chi connectivity index (χ2n) is 7.07. The van der Waals surface area contributed by atoms with E-state index in [-0.39, 0.29) is 23.7 Å². The van der Waals surface area contributed by atoms with Gasteiger partial charge in [-0.25, -0.2) is 0 Å². The van der Waals surface area contributed by atoms with E-state index < -0.39 is 5.54 Å². The Balaban J connectivity index is 1.63. The number of nitrogens with one attached hydrogen (secondary N) is 1. The fourth-order valence-electron chi connectivity index (χ4n) is 2.64. The topological polar surface area (TPSA) is 102 Å². The van der Waals surface area contributed by atoms with Gasteiger partial charge in [0.2, 0.25) is 5.91 Å². The second kappa shape index (κ2) is 8.10. The molecule has 0 aliphatic carbocycles. The molecular weight excluding hydrogens is 378 g/mol. The highest BCUT2D eigenvalue weighted by atomic mass is 32.2. The standard InChI is InChI=1S/C19H23N5O3S/c1-12(2)19(3,11-20)21-16(25)10-28-18-23-22-17(24(18)4)15-9-26-13-7-5-6-8-14(13)27-15/h5-8,12,15H,9-10H2,1-4H3,(H,21,25)/t15-,19-/m1/s1. The van der Waals surface area contributed by atoms with Crippen LogP contribution in [0.3, 0.4) is 0 Å². The van der Waals surface area contributed by atoms with Crippen LogP contribution in [0.25, 0.3) is 0 Å². The molecule has 28 heavy (non-hydrogen) atoms. The molecule has 1 aromatic carbocycles. The molecule has 2 aromatic rings. The van der Waals surface area contributed by atoms with Gasteiger partial charge in [0, 0.05) is 7.05 Å². The quantitative estimate of drug-likeness (QED) is 0.742. The molecule has 148 valence electrons. The molecule has 1 aliphatic rings. The summed E-state index contributed by atoms with van der Waals surface area (Å²) in [4.78, 5) is 12.3. The van der Waals surface area contributed by atoms with E-state index in [1.54, 1.807) is 11.5 Å². The van der Waals surface area contributed by atoms with Gasteiger partial charge in [-0.15, -0.1) is 10.2 Å². The fraction of sp³-hybridized carbons (Fsp3) is 0.474. The van der Waals surface area contributed by atoms with Crippen LogP contribution in [0.2, 0.25) is 0 Å². The highest BCUT2D eigenvalue weighted by Gasteiger charge is 2.31. The van der Waals surface area contributed by atoms with Crippen LogP contribution in [-0.2, 0) is 11.8 Å². The van der Waals surface area contributed by atoms with E-state index in [0.717, 1.165) is 0 Å². The Morgan fingerprint density at radius 3 is 2.82 bits per heavy atom. The summed E-state index contributed by atoms with van der Waals surface area (Å²) in [6, 6.07) is 9.64. The number of thioether (sulfide) groups is 1. The summed E-state index contributed by atoms with van der Waals surface area (Å²) in [6.45, 7) is 5.86. The number of ether oxygens (including phenoxy) is 2. The number of fused-ring (bicyclic) bond motifs is 1. The van der Waals surface area contributed by atoms with Crippen molar-refractivity contribution in [3.8, 4) is 17.6 Å².